The molecule has 0 aliphatic carbocycles. The van der Waals surface area contributed by atoms with E-state index in [2.05, 4.69) is 17.1 Å². The maximum absolute atomic E-state index is 12.0. The van der Waals surface area contributed by atoms with Crippen molar-refractivity contribution in [3.05, 3.63) is 0 Å². The van der Waals surface area contributed by atoms with E-state index < -0.39 is 0 Å². The Bertz CT molecular complexity index is 285. The molecule has 104 valence electrons. The molecule has 1 amide bonds. The van der Waals surface area contributed by atoms with Crippen LogP contribution in [0.1, 0.15) is 26.2 Å². The van der Waals surface area contributed by atoms with Crippen LogP contribution < -0.4 is 11.1 Å². The molecule has 0 bridgehead atoms. The fraction of sp³-hybridized carbons (Fsp3) is 0.923. The molecule has 0 aromatic heterocycles. The quantitative estimate of drug-likeness (QED) is 0.739. The van der Waals surface area contributed by atoms with Gasteiger partial charge in [0.2, 0.25) is 5.91 Å². The molecule has 2 heterocycles. The van der Waals surface area contributed by atoms with Crippen molar-refractivity contribution in [2.24, 2.45) is 11.7 Å². The highest BCUT2D eigenvalue weighted by atomic mass is 16.5. The van der Waals surface area contributed by atoms with Gasteiger partial charge in [0, 0.05) is 32.3 Å². The Hall–Kier alpha value is -0.650. The minimum absolute atomic E-state index is 0.123. The van der Waals surface area contributed by atoms with Gasteiger partial charge in [-0.3, -0.25) is 9.69 Å². The highest BCUT2D eigenvalue weighted by Crippen LogP contribution is 2.25. The third-order valence-electron chi connectivity index (χ3n) is 4.07. The number of carbonyl (C=O) groups is 1. The first-order chi connectivity index (χ1) is 8.72. The number of piperidine rings is 1. The number of nitrogens with zero attached hydrogens (tertiary/aromatic N) is 1. The lowest BCUT2D eigenvalue weighted by molar-refractivity contribution is -0.127. The molecule has 0 spiro atoms. The van der Waals surface area contributed by atoms with Gasteiger partial charge in [0.05, 0.1) is 12.0 Å². The Morgan fingerprint density at radius 3 is 3.00 bits per heavy atom. The standard InChI is InChI=1S/C13H25N3O2/c1-10-12(4-8-18-10)16-7-2-3-11(9-16)13(17)15-6-5-14/h10-12H,2-9,14H2,1H3,(H,15,17). The van der Waals surface area contributed by atoms with E-state index in [1.54, 1.807) is 0 Å². The largest absolute Gasteiger partial charge is 0.377 e. The molecule has 0 saturated carbocycles. The van der Waals surface area contributed by atoms with E-state index in [9.17, 15) is 4.79 Å². The van der Waals surface area contributed by atoms with E-state index >= 15 is 0 Å². The number of nitrogens with two attached hydrogens (primary N) is 1. The summed E-state index contributed by atoms with van der Waals surface area (Å²) in [5.74, 6) is 0.287. The van der Waals surface area contributed by atoms with Gasteiger partial charge >= 0.3 is 0 Å². The molecule has 2 rings (SSSR count). The van der Waals surface area contributed by atoms with Gasteiger partial charge in [-0.2, -0.15) is 0 Å². The van der Waals surface area contributed by atoms with Crippen molar-refractivity contribution in [2.75, 3.05) is 32.8 Å². The minimum Gasteiger partial charge on any atom is -0.377 e. The first-order valence-corrected chi connectivity index (χ1v) is 7.06. The van der Waals surface area contributed by atoms with Crippen molar-refractivity contribution >= 4 is 5.91 Å². The van der Waals surface area contributed by atoms with Gasteiger partial charge in [-0.05, 0) is 32.7 Å². The molecule has 2 fully saturated rings. The molecule has 5 heteroatoms. The number of ether oxygens (including phenoxy) is 1. The van der Waals surface area contributed by atoms with E-state index in [4.69, 9.17) is 10.5 Å². The zero-order valence-corrected chi connectivity index (χ0v) is 11.2. The van der Waals surface area contributed by atoms with Gasteiger partial charge in [-0.15, -0.1) is 0 Å². The molecule has 0 aromatic rings. The Balaban J connectivity index is 1.86. The molecule has 0 aromatic carbocycles. The SMILES string of the molecule is CC1OCCC1N1CCCC(C(=O)NCCN)C1. The van der Waals surface area contributed by atoms with Crippen LogP contribution in [0.5, 0.6) is 0 Å². The summed E-state index contributed by atoms with van der Waals surface area (Å²) < 4.78 is 5.62. The first-order valence-electron chi connectivity index (χ1n) is 7.06. The average Bonchev–Trinajstić information content (AvgIpc) is 2.82. The highest BCUT2D eigenvalue weighted by Gasteiger charge is 2.34. The smallest absolute Gasteiger partial charge is 0.224 e. The minimum atomic E-state index is 0.123. The second-order valence-electron chi connectivity index (χ2n) is 5.35. The predicted molar refractivity (Wildman–Crippen MR) is 70.2 cm³/mol. The number of hydrogen-bond acceptors (Lipinski definition) is 4. The third-order valence-corrected chi connectivity index (χ3v) is 4.07. The van der Waals surface area contributed by atoms with Gasteiger partial charge in [-0.1, -0.05) is 0 Å². The van der Waals surface area contributed by atoms with Crippen LogP contribution in [0.15, 0.2) is 0 Å². The van der Waals surface area contributed by atoms with Crippen molar-refractivity contribution < 1.29 is 9.53 Å². The Kier molecular flexibility index (Phi) is 4.97. The fourth-order valence-electron chi connectivity index (χ4n) is 3.06. The Labute approximate surface area is 109 Å². The van der Waals surface area contributed by atoms with E-state index in [1.165, 1.54) is 0 Å². The normalized spacial score (nSPS) is 33.6. The van der Waals surface area contributed by atoms with Gasteiger partial charge < -0.3 is 15.8 Å². The lowest BCUT2D eigenvalue weighted by atomic mass is 9.94. The molecule has 2 saturated heterocycles. The summed E-state index contributed by atoms with van der Waals surface area (Å²) in [4.78, 5) is 14.4. The van der Waals surface area contributed by atoms with Crippen LogP contribution >= 0.6 is 0 Å². The summed E-state index contributed by atoms with van der Waals surface area (Å²) in [6.45, 7) is 6.05. The van der Waals surface area contributed by atoms with Crippen LogP contribution in [0.3, 0.4) is 0 Å². The van der Waals surface area contributed by atoms with E-state index in [0.29, 0.717) is 25.2 Å². The average molecular weight is 255 g/mol. The summed E-state index contributed by atoms with van der Waals surface area (Å²) in [6.07, 6.45) is 3.49. The maximum atomic E-state index is 12.0. The molecular formula is C13H25N3O2. The van der Waals surface area contributed by atoms with Crippen LogP contribution in [0.2, 0.25) is 0 Å². The van der Waals surface area contributed by atoms with Crippen LogP contribution in [-0.2, 0) is 9.53 Å². The first kappa shape index (κ1) is 13.8. The number of amides is 1. The summed E-state index contributed by atoms with van der Waals surface area (Å²) in [6, 6.07) is 0.495. The number of rotatable bonds is 4. The number of nitrogens with one attached hydrogen (secondary N) is 1. The van der Waals surface area contributed by atoms with Crippen molar-refractivity contribution in [2.45, 2.75) is 38.3 Å². The maximum Gasteiger partial charge on any atom is 0.224 e. The van der Waals surface area contributed by atoms with Crippen LogP contribution in [-0.4, -0.2) is 55.7 Å². The van der Waals surface area contributed by atoms with E-state index in [1.807, 2.05) is 0 Å². The summed E-state index contributed by atoms with van der Waals surface area (Å²) in [5.41, 5.74) is 5.41. The summed E-state index contributed by atoms with van der Waals surface area (Å²) in [5, 5.41) is 2.90. The zero-order chi connectivity index (χ0) is 13.0. The molecule has 3 atom stereocenters. The summed E-state index contributed by atoms with van der Waals surface area (Å²) in [7, 11) is 0. The zero-order valence-electron chi connectivity index (χ0n) is 11.2. The number of carbonyl (C=O) groups excluding carboxylic acids is 1. The van der Waals surface area contributed by atoms with Crippen LogP contribution in [0, 0.1) is 5.92 Å². The molecular weight excluding hydrogens is 230 g/mol. The third kappa shape index (κ3) is 3.22. The predicted octanol–water partition coefficient (Wildman–Crippen LogP) is -0.0493. The van der Waals surface area contributed by atoms with Crippen molar-refractivity contribution in [3.63, 3.8) is 0 Å². The molecule has 0 radical (unpaired) electrons. The lowest BCUT2D eigenvalue weighted by Gasteiger charge is -2.37. The van der Waals surface area contributed by atoms with Crippen LogP contribution in [0.4, 0.5) is 0 Å². The molecule has 3 N–H and O–H groups in total. The molecule has 2 aliphatic rings. The second kappa shape index (κ2) is 6.50. The molecule has 18 heavy (non-hydrogen) atoms. The fourth-order valence-corrected chi connectivity index (χ4v) is 3.06. The van der Waals surface area contributed by atoms with E-state index in [0.717, 1.165) is 39.0 Å². The topological polar surface area (TPSA) is 67.6 Å². The Morgan fingerprint density at radius 2 is 2.33 bits per heavy atom. The van der Waals surface area contributed by atoms with Crippen molar-refractivity contribution in [1.29, 1.82) is 0 Å². The summed E-state index contributed by atoms with van der Waals surface area (Å²) >= 11 is 0. The van der Waals surface area contributed by atoms with E-state index in [-0.39, 0.29) is 11.8 Å². The monoisotopic (exact) mass is 255 g/mol. The second-order valence-corrected chi connectivity index (χ2v) is 5.35. The molecule has 5 nitrogen and oxygen atoms in total. The van der Waals surface area contributed by atoms with Crippen molar-refractivity contribution in [3.8, 4) is 0 Å². The molecule has 2 aliphatic heterocycles. The number of likely N-dealkylation sites (tertiary alicyclic amines) is 1. The van der Waals surface area contributed by atoms with Gasteiger partial charge in [0.25, 0.3) is 0 Å². The van der Waals surface area contributed by atoms with Gasteiger partial charge in [-0.25, -0.2) is 0 Å². The number of hydrogen-bond donors (Lipinski definition) is 2. The van der Waals surface area contributed by atoms with Crippen LogP contribution in [0.25, 0.3) is 0 Å². The van der Waals surface area contributed by atoms with Crippen molar-refractivity contribution in [1.82, 2.24) is 10.2 Å². The molecule has 3 unspecified atom stereocenters. The van der Waals surface area contributed by atoms with Gasteiger partial charge in [0.1, 0.15) is 0 Å². The highest BCUT2D eigenvalue weighted by molar-refractivity contribution is 5.78. The lowest BCUT2D eigenvalue weighted by Crippen LogP contribution is -2.49. The Morgan fingerprint density at radius 1 is 1.50 bits per heavy atom. The van der Waals surface area contributed by atoms with Gasteiger partial charge in [0.15, 0.2) is 0 Å².